The van der Waals surface area contributed by atoms with Gasteiger partial charge in [0.1, 0.15) is 6.17 Å². The third kappa shape index (κ3) is 2.83. The van der Waals surface area contributed by atoms with E-state index in [1.807, 2.05) is 26.2 Å². The Morgan fingerprint density at radius 3 is 2.50 bits per heavy atom. The minimum absolute atomic E-state index is 0.000648. The van der Waals surface area contributed by atoms with Crippen molar-refractivity contribution in [2.75, 3.05) is 34.3 Å². The number of methoxy groups -OCH3 is 1. The molecule has 0 bridgehead atoms. The average molecular weight is 276 g/mol. The summed E-state index contributed by atoms with van der Waals surface area (Å²) in [6, 6.07) is 0. The lowest BCUT2D eigenvalue weighted by Gasteiger charge is -2.32. The number of nitrogens with zero attached hydrogens (tertiary/aromatic N) is 4. The van der Waals surface area contributed by atoms with E-state index in [0.29, 0.717) is 0 Å². The first kappa shape index (κ1) is 14.9. The van der Waals surface area contributed by atoms with E-state index in [4.69, 9.17) is 14.7 Å². The van der Waals surface area contributed by atoms with Crippen LogP contribution in [0, 0.1) is 0 Å². The number of aliphatic imine (C=N–C) groups is 2. The van der Waals surface area contributed by atoms with Gasteiger partial charge in [-0.3, -0.25) is 4.90 Å². The van der Waals surface area contributed by atoms with Crippen molar-refractivity contribution in [2.24, 2.45) is 9.98 Å². The van der Waals surface area contributed by atoms with Crippen LogP contribution in [0.25, 0.3) is 0 Å². The number of guanidine groups is 1. The lowest BCUT2D eigenvalue weighted by molar-refractivity contribution is 0.175. The first-order chi connectivity index (χ1) is 9.60. The smallest absolute Gasteiger partial charge is 0.223 e. The zero-order valence-electron chi connectivity index (χ0n) is 13.0. The summed E-state index contributed by atoms with van der Waals surface area (Å²) in [6.45, 7) is 6.07. The summed E-state index contributed by atoms with van der Waals surface area (Å²) >= 11 is 0. The molecule has 0 spiro atoms. The molecule has 1 aliphatic carbocycles. The topological polar surface area (TPSA) is 40.4 Å². The highest BCUT2D eigenvalue weighted by Crippen LogP contribution is 2.23. The molecule has 20 heavy (non-hydrogen) atoms. The average Bonchev–Trinajstić information content (AvgIpc) is 2.47. The quantitative estimate of drug-likeness (QED) is 0.782. The molecular formula is C15H24N4O. The van der Waals surface area contributed by atoms with Gasteiger partial charge in [-0.25, -0.2) is 9.98 Å². The number of ether oxygens (including phenoxy) is 1. The van der Waals surface area contributed by atoms with Crippen LogP contribution in [0.3, 0.4) is 0 Å². The highest BCUT2D eigenvalue weighted by atomic mass is 16.5. The lowest BCUT2D eigenvalue weighted by Crippen LogP contribution is -2.41. The first-order valence-corrected chi connectivity index (χ1v) is 7.11. The zero-order chi connectivity index (χ0) is 14.7. The molecule has 5 heteroatoms. The molecule has 2 aliphatic rings. The van der Waals surface area contributed by atoms with Gasteiger partial charge in [0.2, 0.25) is 5.96 Å². The largest absolute Gasteiger partial charge is 0.373 e. The molecule has 0 radical (unpaired) electrons. The standard InChI is InChI=1S/C15H24N4O/c1-6-19(7-2)15-16-13-9-8-11(20-5)10-12(13)14(17-15)18(3)4/h8-11,14H,6-7H2,1-5H3. The fraction of sp³-hybridized carbons (Fsp3) is 0.600. The van der Waals surface area contributed by atoms with Gasteiger partial charge in [0.25, 0.3) is 0 Å². The second-order valence-corrected chi connectivity index (χ2v) is 5.12. The molecule has 0 saturated carbocycles. The molecule has 2 rings (SSSR count). The fourth-order valence-electron chi connectivity index (χ4n) is 2.43. The van der Waals surface area contributed by atoms with Gasteiger partial charge in [-0.05, 0) is 46.2 Å². The first-order valence-electron chi connectivity index (χ1n) is 7.11. The zero-order valence-corrected chi connectivity index (χ0v) is 13.0. The number of rotatable bonds is 4. The van der Waals surface area contributed by atoms with Gasteiger partial charge in [-0.15, -0.1) is 0 Å². The third-order valence-electron chi connectivity index (χ3n) is 3.63. The van der Waals surface area contributed by atoms with Gasteiger partial charge in [0.15, 0.2) is 0 Å². The molecule has 2 unspecified atom stereocenters. The summed E-state index contributed by atoms with van der Waals surface area (Å²) in [5.41, 5.74) is 2.12. The van der Waals surface area contributed by atoms with Crippen LogP contribution < -0.4 is 0 Å². The molecule has 2 atom stereocenters. The highest BCUT2D eigenvalue weighted by molar-refractivity contribution is 6.16. The van der Waals surface area contributed by atoms with Gasteiger partial charge in [-0.2, -0.15) is 0 Å². The van der Waals surface area contributed by atoms with Crippen LogP contribution in [-0.4, -0.2) is 68.0 Å². The van der Waals surface area contributed by atoms with Crippen LogP contribution in [0.5, 0.6) is 0 Å². The summed E-state index contributed by atoms with van der Waals surface area (Å²) in [5, 5.41) is 0. The van der Waals surface area contributed by atoms with Crippen molar-refractivity contribution in [1.29, 1.82) is 0 Å². The van der Waals surface area contributed by atoms with E-state index in [1.54, 1.807) is 7.11 Å². The molecule has 5 nitrogen and oxygen atoms in total. The molecule has 0 N–H and O–H groups in total. The molecule has 0 aromatic carbocycles. The van der Waals surface area contributed by atoms with Crippen molar-refractivity contribution in [3.8, 4) is 0 Å². The summed E-state index contributed by atoms with van der Waals surface area (Å²) in [6.07, 6.45) is 6.18. The molecule has 0 aromatic heterocycles. The van der Waals surface area contributed by atoms with Crippen molar-refractivity contribution in [2.45, 2.75) is 26.1 Å². The van der Waals surface area contributed by atoms with Gasteiger partial charge >= 0.3 is 0 Å². The number of fused-ring (bicyclic) bond motifs is 1. The Hall–Kier alpha value is -1.46. The second-order valence-electron chi connectivity index (χ2n) is 5.12. The minimum Gasteiger partial charge on any atom is -0.373 e. The van der Waals surface area contributed by atoms with Gasteiger partial charge < -0.3 is 9.64 Å². The normalized spacial score (nSPS) is 25.0. The predicted octanol–water partition coefficient (Wildman–Crippen LogP) is 1.54. The summed E-state index contributed by atoms with van der Waals surface area (Å²) in [7, 11) is 5.79. The molecule has 1 heterocycles. The Kier molecular flexibility index (Phi) is 4.73. The maximum Gasteiger partial charge on any atom is 0.223 e. The van der Waals surface area contributed by atoms with E-state index in [2.05, 4.69) is 29.7 Å². The fourth-order valence-corrected chi connectivity index (χ4v) is 2.43. The van der Waals surface area contributed by atoms with Crippen LogP contribution in [0.15, 0.2) is 33.8 Å². The Labute approximate surface area is 121 Å². The van der Waals surface area contributed by atoms with Crippen LogP contribution in [-0.2, 0) is 4.74 Å². The Balaban J connectivity index is 2.38. The number of hydrogen-bond donors (Lipinski definition) is 0. The van der Waals surface area contributed by atoms with Gasteiger partial charge in [0, 0.05) is 25.8 Å². The van der Waals surface area contributed by atoms with E-state index in [-0.39, 0.29) is 12.3 Å². The van der Waals surface area contributed by atoms with E-state index < -0.39 is 0 Å². The third-order valence-corrected chi connectivity index (χ3v) is 3.63. The predicted molar refractivity (Wildman–Crippen MR) is 83.3 cm³/mol. The molecule has 0 amide bonds. The lowest BCUT2D eigenvalue weighted by atomic mass is 9.98. The van der Waals surface area contributed by atoms with Crippen LogP contribution in [0.2, 0.25) is 0 Å². The Morgan fingerprint density at radius 2 is 1.95 bits per heavy atom. The maximum atomic E-state index is 5.39. The second kappa shape index (κ2) is 6.33. The van der Waals surface area contributed by atoms with Crippen LogP contribution in [0.1, 0.15) is 13.8 Å². The van der Waals surface area contributed by atoms with Crippen LogP contribution >= 0.6 is 0 Å². The van der Waals surface area contributed by atoms with Crippen molar-refractivity contribution in [1.82, 2.24) is 9.80 Å². The number of hydrogen-bond acceptors (Lipinski definition) is 5. The van der Waals surface area contributed by atoms with Crippen molar-refractivity contribution in [3.05, 3.63) is 23.8 Å². The number of allylic oxidation sites excluding steroid dienone is 1. The highest BCUT2D eigenvalue weighted by Gasteiger charge is 2.28. The maximum absolute atomic E-state index is 5.39. The molecule has 0 aromatic rings. The van der Waals surface area contributed by atoms with Crippen LogP contribution in [0.4, 0.5) is 0 Å². The van der Waals surface area contributed by atoms with Gasteiger partial charge in [-0.1, -0.05) is 0 Å². The molecule has 110 valence electrons. The summed E-state index contributed by atoms with van der Waals surface area (Å²) in [5.74, 6) is 0.821. The van der Waals surface area contributed by atoms with Gasteiger partial charge in [0.05, 0.1) is 11.8 Å². The monoisotopic (exact) mass is 276 g/mol. The summed E-state index contributed by atoms with van der Waals surface area (Å²) < 4.78 is 5.39. The van der Waals surface area contributed by atoms with E-state index >= 15 is 0 Å². The summed E-state index contributed by atoms with van der Waals surface area (Å²) in [4.78, 5) is 13.8. The van der Waals surface area contributed by atoms with Crippen molar-refractivity contribution >= 4 is 11.7 Å². The Bertz CT molecular complexity index is 472. The molecule has 0 fully saturated rings. The minimum atomic E-state index is 0.000648. The van der Waals surface area contributed by atoms with E-state index in [9.17, 15) is 0 Å². The van der Waals surface area contributed by atoms with E-state index in [0.717, 1.165) is 30.3 Å². The van der Waals surface area contributed by atoms with Crippen molar-refractivity contribution in [3.63, 3.8) is 0 Å². The van der Waals surface area contributed by atoms with Crippen molar-refractivity contribution < 1.29 is 4.74 Å². The molecule has 1 aliphatic heterocycles. The number of likely N-dealkylation sites (N-methyl/N-ethyl adjacent to an activating group) is 1. The Morgan fingerprint density at radius 1 is 1.25 bits per heavy atom. The molecular weight excluding hydrogens is 252 g/mol. The van der Waals surface area contributed by atoms with E-state index in [1.165, 1.54) is 0 Å². The SMILES string of the molecule is CCN(CC)C1=NC(N(C)C)C2=CC(OC)C=CC2=N1. The molecule has 0 saturated heterocycles.